The van der Waals surface area contributed by atoms with Crippen LogP contribution in [-0.2, 0) is 6.54 Å². The summed E-state index contributed by atoms with van der Waals surface area (Å²) in [5.74, 6) is 0.348. The summed E-state index contributed by atoms with van der Waals surface area (Å²) in [6.07, 6.45) is 0.736. The second-order valence-electron chi connectivity index (χ2n) is 5.62. The summed E-state index contributed by atoms with van der Waals surface area (Å²) < 4.78 is 0. The van der Waals surface area contributed by atoms with Crippen LogP contribution in [0.15, 0.2) is 60.7 Å². The molecule has 2 unspecified atom stereocenters. The maximum absolute atomic E-state index is 10.5. The van der Waals surface area contributed by atoms with E-state index in [0.717, 1.165) is 31.6 Å². The van der Waals surface area contributed by atoms with E-state index < -0.39 is 0 Å². The van der Waals surface area contributed by atoms with E-state index in [1.165, 1.54) is 5.56 Å². The Labute approximate surface area is 120 Å². The third-order valence-electron chi connectivity index (χ3n) is 4.15. The highest BCUT2D eigenvalue weighted by atomic mass is 16.3. The van der Waals surface area contributed by atoms with Crippen molar-refractivity contribution in [3.63, 3.8) is 0 Å². The van der Waals surface area contributed by atoms with Crippen molar-refractivity contribution in [1.29, 1.82) is 0 Å². The van der Waals surface area contributed by atoms with Crippen molar-refractivity contribution in [2.45, 2.75) is 19.1 Å². The summed E-state index contributed by atoms with van der Waals surface area (Å²) in [6, 6.07) is 20.6. The van der Waals surface area contributed by atoms with Gasteiger partial charge in [0, 0.05) is 19.0 Å². The lowest BCUT2D eigenvalue weighted by Crippen LogP contribution is -2.22. The zero-order chi connectivity index (χ0) is 13.8. The maximum Gasteiger partial charge on any atom is 0.0830 e. The fourth-order valence-electron chi connectivity index (χ4n) is 3.03. The zero-order valence-electron chi connectivity index (χ0n) is 11.7. The Hall–Kier alpha value is -1.64. The van der Waals surface area contributed by atoms with Gasteiger partial charge in [-0.15, -0.1) is 0 Å². The van der Waals surface area contributed by atoms with Crippen LogP contribution in [0.1, 0.15) is 23.7 Å². The molecule has 1 aliphatic rings. The summed E-state index contributed by atoms with van der Waals surface area (Å²) in [5.41, 5.74) is 2.39. The molecule has 1 fully saturated rings. The first-order valence-electron chi connectivity index (χ1n) is 7.32. The Morgan fingerprint density at radius 3 is 2.35 bits per heavy atom. The molecule has 2 nitrogen and oxygen atoms in total. The molecular formula is C18H21NO. The molecule has 0 spiro atoms. The van der Waals surface area contributed by atoms with Gasteiger partial charge in [-0.25, -0.2) is 0 Å². The maximum atomic E-state index is 10.5. The molecule has 1 saturated heterocycles. The van der Waals surface area contributed by atoms with Crippen LogP contribution in [0, 0.1) is 5.92 Å². The third-order valence-corrected chi connectivity index (χ3v) is 4.15. The number of rotatable bonds is 4. The molecule has 2 aromatic rings. The fourth-order valence-corrected chi connectivity index (χ4v) is 3.03. The lowest BCUT2D eigenvalue weighted by Gasteiger charge is -2.20. The first-order valence-corrected chi connectivity index (χ1v) is 7.32. The highest BCUT2D eigenvalue weighted by molar-refractivity contribution is 5.19. The van der Waals surface area contributed by atoms with Gasteiger partial charge in [0.25, 0.3) is 0 Å². The lowest BCUT2D eigenvalue weighted by atomic mass is 9.95. The van der Waals surface area contributed by atoms with E-state index in [4.69, 9.17) is 0 Å². The van der Waals surface area contributed by atoms with Crippen LogP contribution in [0.2, 0.25) is 0 Å². The molecule has 2 heteroatoms. The van der Waals surface area contributed by atoms with Crippen LogP contribution in [-0.4, -0.2) is 23.1 Å². The van der Waals surface area contributed by atoms with Crippen molar-refractivity contribution >= 4 is 0 Å². The Morgan fingerprint density at radius 2 is 1.65 bits per heavy atom. The second kappa shape index (κ2) is 6.21. The molecule has 0 saturated carbocycles. The predicted molar refractivity (Wildman–Crippen MR) is 81.2 cm³/mol. The zero-order valence-corrected chi connectivity index (χ0v) is 11.7. The number of aliphatic hydroxyl groups excluding tert-OH is 1. The van der Waals surface area contributed by atoms with E-state index in [2.05, 4.69) is 35.2 Å². The molecular weight excluding hydrogens is 246 g/mol. The molecule has 20 heavy (non-hydrogen) atoms. The van der Waals surface area contributed by atoms with Crippen LogP contribution in [0.5, 0.6) is 0 Å². The Bertz CT molecular complexity index is 526. The summed E-state index contributed by atoms with van der Waals surface area (Å²) in [4.78, 5) is 2.44. The molecule has 2 aromatic carbocycles. The van der Waals surface area contributed by atoms with Gasteiger partial charge >= 0.3 is 0 Å². The number of nitrogens with zero attached hydrogens (tertiary/aromatic N) is 1. The Kier molecular flexibility index (Phi) is 4.14. The van der Waals surface area contributed by atoms with E-state index in [1.807, 2.05) is 30.3 Å². The first kappa shape index (κ1) is 13.3. The number of aliphatic hydroxyl groups is 1. The number of benzene rings is 2. The summed E-state index contributed by atoms with van der Waals surface area (Å²) in [5, 5.41) is 10.5. The molecule has 2 atom stereocenters. The minimum absolute atomic E-state index is 0.336. The van der Waals surface area contributed by atoms with E-state index in [9.17, 15) is 5.11 Å². The SMILES string of the molecule is OC(c1ccccc1)C1CCN(Cc2ccccc2)C1. The quantitative estimate of drug-likeness (QED) is 0.919. The smallest absolute Gasteiger partial charge is 0.0830 e. The standard InChI is InChI=1S/C18H21NO/c20-18(16-9-5-2-6-10-16)17-11-12-19(14-17)13-15-7-3-1-4-8-15/h1-10,17-18,20H,11-14H2. The van der Waals surface area contributed by atoms with Gasteiger partial charge in [0.2, 0.25) is 0 Å². The molecule has 1 aliphatic heterocycles. The molecule has 0 amide bonds. The van der Waals surface area contributed by atoms with E-state index >= 15 is 0 Å². The van der Waals surface area contributed by atoms with Crippen LogP contribution >= 0.6 is 0 Å². The third kappa shape index (κ3) is 3.09. The average Bonchev–Trinajstić information content (AvgIpc) is 2.97. The highest BCUT2D eigenvalue weighted by Crippen LogP contribution is 2.30. The molecule has 104 valence electrons. The summed E-state index contributed by atoms with van der Waals surface area (Å²) >= 11 is 0. The van der Waals surface area contributed by atoms with Gasteiger partial charge in [0.15, 0.2) is 0 Å². The Balaban J connectivity index is 1.59. The number of likely N-dealkylation sites (tertiary alicyclic amines) is 1. The average molecular weight is 267 g/mol. The van der Waals surface area contributed by atoms with Crippen molar-refractivity contribution in [2.24, 2.45) is 5.92 Å². The topological polar surface area (TPSA) is 23.5 Å². The molecule has 3 rings (SSSR count). The normalized spacial score (nSPS) is 20.9. The molecule has 0 aromatic heterocycles. The van der Waals surface area contributed by atoms with E-state index in [0.29, 0.717) is 5.92 Å². The molecule has 0 bridgehead atoms. The van der Waals surface area contributed by atoms with Crippen LogP contribution < -0.4 is 0 Å². The van der Waals surface area contributed by atoms with Gasteiger partial charge in [-0.2, -0.15) is 0 Å². The molecule has 1 N–H and O–H groups in total. The van der Waals surface area contributed by atoms with Crippen LogP contribution in [0.4, 0.5) is 0 Å². The molecule has 1 heterocycles. The van der Waals surface area contributed by atoms with Crippen molar-refractivity contribution in [3.8, 4) is 0 Å². The van der Waals surface area contributed by atoms with Gasteiger partial charge in [-0.05, 0) is 24.1 Å². The highest BCUT2D eigenvalue weighted by Gasteiger charge is 2.28. The predicted octanol–water partition coefficient (Wildman–Crippen LogP) is 3.24. The number of hydrogen-bond acceptors (Lipinski definition) is 2. The van der Waals surface area contributed by atoms with Crippen LogP contribution in [0.3, 0.4) is 0 Å². The van der Waals surface area contributed by atoms with Crippen molar-refractivity contribution in [1.82, 2.24) is 4.90 Å². The van der Waals surface area contributed by atoms with E-state index in [1.54, 1.807) is 0 Å². The van der Waals surface area contributed by atoms with Gasteiger partial charge in [-0.1, -0.05) is 60.7 Å². The lowest BCUT2D eigenvalue weighted by molar-refractivity contribution is 0.110. The summed E-state index contributed by atoms with van der Waals surface area (Å²) in [6.45, 7) is 3.03. The summed E-state index contributed by atoms with van der Waals surface area (Å²) in [7, 11) is 0. The largest absolute Gasteiger partial charge is 0.388 e. The minimum Gasteiger partial charge on any atom is -0.388 e. The van der Waals surface area contributed by atoms with Gasteiger partial charge in [0.05, 0.1) is 6.10 Å². The number of hydrogen-bond donors (Lipinski definition) is 1. The van der Waals surface area contributed by atoms with E-state index in [-0.39, 0.29) is 6.10 Å². The van der Waals surface area contributed by atoms with Crippen molar-refractivity contribution in [2.75, 3.05) is 13.1 Å². The van der Waals surface area contributed by atoms with Crippen LogP contribution in [0.25, 0.3) is 0 Å². The fraction of sp³-hybridized carbons (Fsp3) is 0.333. The monoisotopic (exact) mass is 267 g/mol. The molecule has 0 radical (unpaired) electrons. The molecule has 0 aliphatic carbocycles. The van der Waals surface area contributed by atoms with Gasteiger partial charge in [0.1, 0.15) is 0 Å². The first-order chi connectivity index (χ1) is 9.83. The van der Waals surface area contributed by atoms with Gasteiger partial charge < -0.3 is 5.11 Å². The second-order valence-corrected chi connectivity index (χ2v) is 5.62. The van der Waals surface area contributed by atoms with Crippen molar-refractivity contribution < 1.29 is 5.11 Å². The van der Waals surface area contributed by atoms with Gasteiger partial charge in [-0.3, -0.25) is 4.90 Å². The van der Waals surface area contributed by atoms with Crippen molar-refractivity contribution in [3.05, 3.63) is 71.8 Å². The Morgan fingerprint density at radius 1 is 1.00 bits per heavy atom. The minimum atomic E-state index is -0.336.